The third kappa shape index (κ3) is 1.88. The van der Waals surface area contributed by atoms with Crippen LogP contribution in [0.2, 0.25) is 0 Å². The molecule has 0 unspecified atom stereocenters. The molecule has 0 saturated carbocycles. The van der Waals surface area contributed by atoms with Crippen molar-refractivity contribution < 1.29 is 0 Å². The Morgan fingerprint density at radius 3 is 2.25 bits per heavy atom. The Hall–Kier alpha value is -2.54. The van der Waals surface area contributed by atoms with Gasteiger partial charge < -0.3 is 5.32 Å². The summed E-state index contributed by atoms with van der Waals surface area (Å²) >= 11 is 0. The summed E-state index contributed by atoms with van der Waals surface area (Å²) in [5, 5.41) is 3.46. The first-order valence-corrected chi connectivity index (χ1v) is 6.93. The Morgan fingerprint density at radius 1 is 0.600 bits per heavy atom. The predicted molar refractivity (Wildman–Crippen MR) is 84.4 cm³/mol. The van der Waals surface area contributed by atoms with Gasteiger partial charge in [-0.15, -0.1) is 0 Å². The minimum absolute atomic E-state index is 1.05. The van der Waals surface area contributed by atoms with Gasteiger partial charge in [0.2, 0.25) is 0 Å². The van der Waals surface area contributed by atoms with Crippen molar-refractivity contribution in [2.45, 2.75) is 6.42 Å². The fraction of sp³-hybridized carbons (Fsp3) is 0.0526. The molecule has 1 aliphatic rings. The molecule has 0 atom stereocenters. The number of hydrogen-bond acceptors (Lipinski definition) is 1. The molecule has 1 heteroatoms. The van der Waals surface area contributed by atoms with E-state index in [9.17, 15) is 0 Å². The molecule has 0 saturated heterocycles. The number of anilines is 2. The highest BCUT2D eigenvalue weighted by Crippen LogP contribution is 2.38. The SMILES string of the molecule is c1ccc(Nc2ccc3c(c2)-c2ccccc2C3)cc1. The molecular weight excluding hydrogens is 242 g/mol. The molecule has 0 spiro atoms. The van der Waals surface area contributed by atoms with E-state index >= 15 is 0 Å². The monoisotopic (exact) mass is 257 g/mol. The van der Waals surface area contributed by atoms with E-state index in [4.69, 9.17) is 0 Å². The molecule has 4 rings (SSSR count). The highest BCUT2D eigenvalue weighted by atomic mass is 14.9. The Bertz CT molecular complexity index is 760. The Kier molecular flexibility index (Phi) is 2.56. The first kappa shape index (κ1) is 11.3. The van der Waals surface area contributed by atoms with Crippen LogP contribution in [0.1, 0.15) is 11.1 Å². The molecule has 0 amide bonds. The number of nitrogens with one attached hydrogen (secondary N) is 1. The highest BCUT2D eigenvalue weighted by Gasteiger charge is 2.17. The standard InChI is InChI=1S/C19H15N/c1-2-7-16(8-3-1)20-17-11-10-15-12-14-6-4-5-9-18(14)19(15)13-17/h1-11,13,20H,12H2. The Balaban J connectivity index is 1.73. The molecule has 1 aliphatic carbocycles. The van der Waals surface area contributed by atoms with E-state index in [1.807, 2.05) is 18.2 Å². The van der Waals surface area contributed by atoms with Crippen LogP contribution in [-0.2, 0) is 6.42 Å². The Morgan fingerprint density at radius 2 is 1.35 bits per heavy atom. The number of hydrogen-bond donors (Lipinski definition) is 1. The largest absolute Gasteiger partial charge is 0.356 e. The Labute approximate surface area is 118 Å². The van der Waals surface area contributed by atoms with Crippen LogP contribution in [0, 0.1) is 0 Å². The molecule has 96 valence electrons. The van der Waals surface area contributed by atoms with Crippen molar-refractivity contribution >= 4 is 11.4 Å². The lowest BCUT2D eigenvalue weighted by atomic mass is 10.1. The zero-order chi connectivity index (χ0) is 13.4. The van der Waals surface area contributed by atoms with Crippen molar-refractivity contribution in [2.75, 3.05) is 5.32 Å². The molecule has 0 radical (unpaired) electrons. The summed E-state index contributed by atoms with van der Waals surface area (Å²) in [6, 6.07) is 25.6. The van der Waals surface area contributed by atoms with E-state index < -0.39 is 0 Å². The molecule has 20 heavy (non-hydrogen) atoms. The fourth-order valence-corrected chi connectivity index (χ4v) is 2.89. The maximum absolute atomic E-state index is 3.46. The first-order chi connectivity index (χ1) is 9.90. The lowest BCUT2D eigenvalue weighted by Crippen LogP contribution is -1.90. The van der Waals surface area contributed by atoms with Crippen LogP contribution in [0.25, 0.3) is 11.1 Å². The minimum atomic E-state index is 1.05. The van der Waals surface area contributed by atoms with Crippen molar-refractivity contribution in [2.24, 2.45) is 0 Å². The number of fused-ring (bicyclic) bond motifs is 3. The second-order valence-corrected chi connectivity index (χ2v) is 5.20. The summed E-state index contributed by atoms with van der Waals surface area (Å²) in [7, 11) is 0. The molecule has 1 N–H and O–H groups in total. The van der Waals surface area contributed by atoms with Crippen LogP contribution in [0.5, 0.6) is 0 Å². The van der Waals surface area contributed by atoms with E-state index in [1.165, 1.54) is 22.3 Å². The van der Waals surface area contributed by atoms with Gasteiger partial charge in [-0.05, 0) is 52.9 Å². The maximum atomic E-state index is 3.46. The van der Waals surface area contributed by atoms with Gasteiger partial charge in [0.1, 0.15) is 0 Å². The average molecular weight is 257 g/mol. The maximum Gasteiger partial charge on any atom is 0.0390 e. The number of benzene rings is 3. The topological polar surface area (TPSA) is 12.0 Å². The van der Waals surface area contributed by atoms with Crippen molar-refractivity contribution in [1.29, 1.82) is 0 Å². The van der Waals surface area contributed by atoms with E-state index in [1.54, 1.807) is 0 Å². The zero-order valence-corrected chi connectivity index (χ0v) is 11.1. The van der Waals surface area contributed by atoms with Gasteiger partial charge in [-0.25, -0.2) is 0 Å². The van der Waals surface area contributed by atoms with Gasteiger partial charge in [0.25, 0.3) is 0 Å². The fourth-order valence-electron chi connectivity index (χ4n) is 2.89. The summed E-state index contributed by atoms with van der Waals surface area (Å²) in [4.78, 5) is 0. The summed E-state index contributed by atoms with van der Waals surface area (Å²) in [5.41, 5.74) is 7.86. The second-order valence-electron chi connectivity index (χ2n) is 5.20. The zero-order valence-electron chi connectivity index (χ0n) is 11.1. The van der Waals surface area contributed by atoms with Gasteiger partial charge in [0.15, 0.2) is 0 Å². The van der Waals surface area contributed by atoms with Crippen LogP contribution in [0.15, 0.2) is 72.8 Å². The van der Waals surface area contributed by atoms with Gasteiger partial charge in [-0.2, -0.15) is 0 Å². The van der Waals surface area contributed by atoms with Gasteiger partial charge >= 0.3 is 0 Å². The normalized spacial score (nSPS) is 11.8. The van der Waals surface area contributed by atoms with Crippen LogP contribution < -0.4 is 5.32 Å². The minimum Gasteiger partial charge on any atom is -0.356 e. The van der Waals surface area contributed by atoms with E-state index in [0.29, 0.717) is 0 Å². The third-order valence-corrected chi connectivity index (χ3v) is 3.86. The molecule has 0 heterocycles. The molecule has 3 aromatic rings. The van der Waals surface area contributed by atoms with Crippen LogP contribution in [-0.4, -0.2) is 0 Å². The van der Waals surface area contributed by atoms with Gasteiger partial charge in [0, 0.05) is 11.4 Å². The number of rotatable bonds is 2. The van der Waals surface area contributed by atoms with Crippen molar-refractivity contribution in [3.05, 3.63) is 83.9 Å². The van der Waals surface area contributed by atoms with E-state index in [0.717, 1.165) is 17.8 Å². The third-order valence-electron chi connectivity index (χ3n) is 3.86. The van der Waals surface area contributed by atoms with Crippen LogP contribution in [0.3, 0.4) is 0 Å². The molecule has 0 bridgehead atoms. The van der Waals surface area contributed by atoms with E-state index in [-0.39, 0.29) is 0 Å². The van der Waals surface area contributed by atoms with Gasteiger partial charge in [-0.1, -0.05) is 48.5 Å². The molecule has 0 fully saturated rings. The molecule has 1 nitrogen and oxygen atoms in total. The predicted octanol–water partition coefficient (Wildman–Crippen LogP) is 5.00. The average Bonchev–Trinajstić information content (AvgIpc) is 2.86. The first-order valence-electron chi connectivity index (χ1n) is 6.93. The number of para-hydroxylation sites is 1. The van der Waals surface area contributed by atoms with Gasteiger partial charge in [-0.3, -0.25) is 0 Å². The van der Waals surface area contributed by atoms with Crippen molar-refractivity contribution in [3.8, 4) is 11.1 Å². The van der Waals surface area contributed by atoms with E-state index in [2.05, 4.69) is 59.9 Å². The summed E-state index contributed by atoms with van der Waals surface area (Å²) in [6.07, 6.45) is 1.05. The second kappa shape index (κ2) is 4.53. The summed E-state index contributed by atoms with van der Waals surface area (Å²) in [6.45, 7) is 0. The van der Waals surface area contributed by atoms with Crippen molar-refractivity contribution in [1.82, 2.24) is 0 Å². The molecule has 0 aromatic heterocycles. The quantitative estimate of drug-likeness (QED) is 0.532. The van der Waals surface area contributed by atoms with Crippen LogP contribution >= 0.6 is 0 Å². The lowest BCUT2D eigenvalue weighted by Gasteiger charge is -2.08. The molecule has 3 aromatic carbocycles. The summed E-state index contributed by atoms with van der Waals surface area (Å²) < 4.78 is 0. The molecular formula is C19H15N. The lowest BCUT2D eigenvalue weighted by molar-refractivity contribution is 1.26. The van der Waals surface area contributed by atoms with Crippen molar-refractivity contribution in [3.63, 3.8) is 0 Å². The smallest absolute Gasteiger partial charge is 0.0390 e. The highest BCUT2D eigenvalue weighted by molar-refractivity contribution is 5.80. The van der Waals surface area contributed by atoms with Crippen LogP contribution in [0.4, 0.5) is 11.4 Å². The van der Waals surface area contributed by atoms with Gasteiger partial charge in [0.05, 0.1) is 0 Å². The molecule has 0 aliphatic heterocycles. The summed E-state index contributed by atoms with van der Waals surface area (Å²) in [5.74, 6) is 0.